The molecule has 0 aliphatic heterocycles. The minimum Gasteiger partial charge on any atom is -0.476 e. The van der Waals surface area contributed by atoms with Crippen LogP contribution in [0, 0.1) is 0 Å². The van der Waals surface area contributed by atoms with Gasteiger partial charge in [-0.25, -0.2) is 4.98 Å². The summed E-state index contributed by atoms with van der Waals surface area (Å²) in [7, 11) is 4.03. The molecule has 0 aliphatic carbocycles. The fourth-order valence-corrected chi connectivity index (χ4v) is 1.48. The van der Waals surface area contributed by atoms with Crippen LogP contribution in [0.15, 0.2) is 12.3 Å². The average molecular weight is 277 g/mol. The number of hydrogen-bond acceptors (Lipinski definition) is 3. The molecule has 17 heavy (non-hydrogen) atoms. The molecule has 0 unspecified atom stereocenters. The molecule has 1 rings (SSSR count). The molecule has 0 aromatic carbocycles. The Balaban J connectivity index is 2.70. The normalized spacial score (nSPS) is 11.9. The lowest BCUT2D eigenvalue weighted by molar-refractivity contribution is 0.111. The molecule has 5 heteroatoms. The number of hydrogen-bond donors (Lipinski definition) is 0. The van der Waals surface area contributed by atoms with Crippen molar-refractivity contribution in [2.45, 2.75) is 25.3 Å². The molecule has 1 aromatic rings. The molecule has 0 radical (unpaired) electrons. The second-order valence-corrected chi connectivity index (χ2v) is 5.42. The third-order valence-corrected chi connectivity index (χ3v) is 3.47. The van der Waals surface area contributed by atoms with Gasteiger partial charge in [-0.15, -0.1) is 11.6 Å². The van der Waals surface area contributed by atoms with Crippen LogP contribution in [-0.2, 0) is 5.88 Å². The Labute approximate surface area is 113 Å². The molecule has 1 heterocycles. The van der Waals surface area contributed by atoms with Crippen LogP contribution in [0.25, 0.3) is 0 Å². The van der Waals surface area contributed by atoms with Gasteiger partial charge in [0.1, 0.15) is 6.61 Å². The predicted octanol–water partition coefficient (Wildman–Crippen LogP) is 3.19. The first kappa shape index (κ1) is 14.6. The maximum absolute atomic E-state index is 5.93. The third-order valence-electron chi connectivity index (χ3n) is 2.84. The summed E-state index contributed by atoms with van der Waals surface area (Å²) in [6, 6.07) is 1.78. The van der Waals surface area contributed by atoms with E-state index in [4.69, 9.17) is 27.9 Å². The number of nitrogens with zero attached hydrogens (tertiary/aromatic N) is 2. The van der Waals surface area contributed by atoms with Gasteiger partial charge in [-0.3, -0.25) is 0 Å². The Kier molecular flexibility index (Phi) is 5.04. The van der Waals surface area contributed by atoms with E-state index in [-0.39, 0.29) is 5.54 Å². The highest BCUT2D eigenvalue weighted by molar-refractivity contribution is 6.32. The molecule has 1 aromatic heterocycles. The number of alkyl halides is 1. The van der Waals surface area contributed by atoms with Gasteiger partial charge < -0.3 is 9.64 Å². The standard InChI is InChI=1S/C12H18Cl2N2O/c1-12(2,16(3)4)8-17-11-5-9(6-13)10(14)7-15-11/h5,7H,6,8H2,1-4H3. The van der Waals surface area contributed by atoms with Crippen LogP contribution in [0.4, 0.5) is 0 Å². The smallest absolute Gasteiger partial charge is 0.213 e. The maximum atomic E-state index is 5.93. The van der Waals surface area contributed by atoms with Crippen LogP contribution in [0.2, 0.25) is 5.02 Å². The van der Waals surface area contributed by atoms with E-state index in [9.17, 15) is 0 Å². The first-order valence-electron chi connectivity index (χ1n) is 5.37. The second kappa shape index (κ2) is 5.89. The number of ether oxygens (including phenoxy) is 1. The predicted molar refractivity (Wildman–Crippen MR) is 72.1 cm³/mol. The largest absolute Gasteiger partial charge is 0.476 e. The highest BCUT2D eigenvalue weighted by atomic mass is 35.5. The molecule has 0 saturated carbocycles. The van der Waals surface area contributed by atoms with Crippen molar-refractivity contribution >= 4 is 23.2 Å². The van der Waals surface area contributed by atoms with Gasteiger partial charge in [0.2, 0.25) is 5.88 Å². The van der Waals surface area contributed by atoms with Gasteiger partial charge in [0, 0.05) is 23.7 Å². The molecule has 0 bridgehead atoms. The quantitative estimate of drug-likeness (QED) is 0.773. The average Bonchev–Trinajstić information content (AvgIpc) is 2.28. The highest BCUT2D eigenvalue weighted by Crippen LogP contribution is 2.22. The molecular weight excluding hydrogens is 259 g/mol. The zero-order valence-electron chi connectivity index (χ0n) is 10.6. The molecule has 0 atom stereocenters. The van der Waals surface area contributed by atoms with Gasteiger partial charge in [-0.1, -0.05) is 11.6 Å². The molecule has 96 valence electrons. The first-order valence-corrected chi connectivity index (χ1v) is 6.28. The molecule has 0 aliphatic rings. The molecule has 0 N–H and O–H groups in total. The van der Waals surface area contributed by atoms with Crippen molar-refractivity contribution in [3.63, 3.8) is 0 Å². The number of likely N-dealkylation sites (N-methyl/N-ethyl adjacent to an activating group) is 1. The zero-order valence-corrected chi connectivity index (χ0v) is 12.1. The lowest BCUT2D eigenvalue weighted by atomic mass is 10.1. The summed E-state index contributed by atoms with van der Waals surface area (Å²) < 4.78 is 5.66. The number of pyridine rings is 1. The Bertz CT molecular complexity index is 381. The monoisotopic (exact) mass is 276 g/mol. The number of aromatic nitrogens is 1. The molecule has 0 saturated heterocycles. The van der Waals surface area contributed by atoms with E-state index in [2.05, 4.69) is 23.7 Å². The lowest BCUT2D eigenvalue weighted by Crippen LogP contribution is -2.43. The van der Waals surface area contributed by atoms with Crippen molar-refractivity contribution < 1.29 is 4.74 Å². The molecule has 3 nitrogen and oxygen atoms in total. The van der Waals surface area contributed by atoms with E-state index >= 15 is 0 Å². The van der Waals surface area contributed by atoms with E-state index in [1.54, 1.807) is 12.3 Å². The Morgan fingerprint density at radius 2 is 2.06 bits per heavy atom. The third kappa shape index (κ3) is 4.02. The van der Waals surface area contributed by atoms with Gasteiger partial charge in [0.25, 0.3) is 0 Å². The Hall–Kier alpha value is -0.510. The Morgan fingerprint density at radius 3 is 2.59 bits per heavy atom. The van der Waals surface area contributed by atoms with E-state index in [0.717, 1.165) is 5.56 Å². The minimum absolute atomic E-state index is 0.0531. The first-order chi connectivity index (χ1) is 7.86. The summed E-state index contributed by atoms with van der Waals surface area (Å²) in [5, 5.41) is 0.569. The van der Waals surface area contributed by atoms with Crippen molar-refractivity contribution in [2.24, 2.45) is 0 Å². The fraction of sp³-hybridized carbons (Fsp3) is 0.583. The van der Waals surface area contributed by atoms with E-state index < -0.39 is 0 Å². The van der Waals surface area contributed by atoms with Crippen molar-refractivity contribution in [2.75, 3.05) is 20.7 Å². The van der Waals surface area contributed by atoms with Crippen LogP contribution in [-0.4, -0.2) is 36.1 Å². The molecule has 0 spiro atoms. The molecule has 0 amide bonds. The van der Waals surface area contributed by atoms with E-state index in [1.807, 2.05) is 14.1 Å². The SMILES string of the molecule is CN(C)C(C)(C)COc1cc(CCl)c(Cl)cn1. The van der Waals surface area contributed by atoms with Crippen LogP contribution in [0.5, 0.6) is 5.88 Å². The number of halogens is 2. The van der Waals surface area contributed by atoms with Crippen LogP contribution in [0.3, 0.4) is 0 Å². The maximum Gasteiger partial charge on any atom is 0.213 e. The van der Waals surface area contributed by atoms with Crippen LogP contribution < -0.4 is 4.74 Å². The highest BCUT2D eigenvalue weighted by Gasteiger charge is 2.21. The summed E-state index contributed by atoms with van der Waals surface area (Å²) >= 11 is 11.7. The van der Waals surface area contributed by atoms with Crippen molar-refractivity contribution in [3.8, 4) is 5.88 Å². The van der Waals surface area contributed by atoms with E-state index in [1.165, 1.54) is 0 Å². The van der Waals surface area contributed by atoms with E-state index in [0.29, 0.717) is 23.4 Å². The second-order valence-electron chi connectivity index (χ2n) is 4.74. The summed E-state index contributed by atoms with van der Waals surface area (Å²) in [5.74, 6) is 0.911. The summed E-state index contributed by atoms with van der Waals surface area (Å²) in [4.78, 5) is 6.22. The summed E-state index contributed by atoms with van der Waals surface area (Å²) in [5.41, 5.74) is 0.781. The van der Waals surface area contributed by atoms with Gasteiger partial charge in [0.05, 0.1) is 5.02 Å². The topological polar surface area (TPSA) is 25.4 Å². The van der Waals surface area contributed by atoms with Crippen molar-refractivity contribution in [1.82, 2.24) is 9.88 Å². The minimum atomic E-state index is -0.0531. The summed E-state index contributed by atoms with van der Waals surface area (Å²) in [6.07, 6.45) is 1.57. The van der Waals surface area contributed by atoms with Gasteiger partial charge >= 0.3 is 0 Å². The fourth-order valence-electron chi connectivity index (χ4n) is 1.02. The van der Waals surface area contributed by atoms with Crippen molar-refractivity contribution in [1.29, 1.82) is 0 Å². The number of rotatable bonds is 5. The van der Waals surface area contributed by atoms with Gasteiger partial charge in [-0.2, -0.15) is 0 Å². The van der Waals surface area contributed by atoms with Crippen LogP contribution >= 0.6 is 23.2 Å². The van der Waals surface area contributed by atoms with Crippen molar-refractivity contribution in [3.05, 3.63) is 22.8 Å². The molecular formula is C12H18Cl2N2O. The zero-order chi connectivity index (χ0) is 13.1. The molecule has 0 fully saturated rings. The van der Waals surface area contributed by atoms with Gasteiger partial charge in [0.15, 0.2) is 0 Å². The lowest BCUT2D eigenvalue weighted by Gasteiger charge is -2.31. The Morgan fingerprint density at radius 1 is 1.41 bits per heavy atom. The van der Waals surface area contributed by atoms with Crippen LogP contribution in [0.1, 0.15) is 19.4 Å². The summed E-state index contributed by atoms with van der Waals surface area (Å²) in [6.45, 7) is 4.76. The van der Waals surface area contributed by atoms with Gasteiger partial charge in [-0.05, 0) is 33.5 Å².